The molecule has 0 bridgehead atoms. The third kappa shape index (κ3) is 2.69. The van der Waals surface area contributed by atoms with Gasteiger partial charge in [0.25, 0.3) is 11.1 Å². The second-order valence-corrected chi connectivity index (χ2v) is 5.56. The van der Waals surface area contributed by atoms with Crippen LogP contribution in [0.3, 0.4) is 0 Å². The number of fused-ring (bicyclic) bond motifs is 1. The van der Waals surface area contributed by atoms with E-state index in [0.29, 0.717) is 10.7 Å². The van der Waals surface area contributed by atoms with Gasteiger partial charge in [-0.25, -0.2) is 0 Å². The topological polar surface area (TPSA) is 55.4 Å². The van der Waals surface area contributed by atoms with Gasteiger partial charge in [0.05, 0.1) is 4.91 Å². The summed E-state index contributed by atoms with van der Waals surface area (Å²) in [6.07, 6.45) is 6.91. The average Bonchev–Trinajstić information content (AvgIpc) is 2.84. The number of amides is 2. The minimum absolute atomic E-state index is 0.132. The minimum Gasteiger partial charge on any atom is -0.480 e. The van der Waals surface area contributed by atoms with E-state index in [1.54, 1.807) is 6.08 Å². The molecule has 3 rings (SSSR count). The van der Waals surface area contributed by atoms with Crippen LogP contribution in [-0.2, 0) is 4.79 Å². The van der Waals surface area contributed by atoms with Crippen LogP contribution in [0.25, 0.3) is 16.8 Å². The number of carbonyl (C=O) groups is 2. The number of thioether (sulfide) groups is 1. The van der Waals surface area contributed by atoms with Gasteiger partial charge in [0.15, 0.2) is 0 Å². The smallest absolute Gasteiger partial charge is 0.290 e. The van der Waals surface area contributed by atoms with Crippen LogP contribution in [0, 0.1) is 12.3 Å². The van der Waals surface area contributed by atoms with Gasteiger partial charge in [-0.1, -0.05) is 36.3 Å². The number of rotatable bonds is 3. The van der Waals surface area contributed by atoms with Crippen molar-refractivity contribution in [2.45, 2.75) is 0 Å². The Balaban J connectivity index is 2.16. The molecule has 0 aliphatic carbocycles. The highest BCUT2D eigenvalue weighted by Gasteiger charge is 2.25. The maximum Gasteiger partial charge on any atom is 0.290 e. The molecule has 0 aromatic heterocycles. The quantitative estimate of drug-likeness (QED) is 0.699. The Kier molecular flexibility index (Phi) is 3.86. The predicted molar refractivity (Wildman–Crippen MR) is 87.4 cm³/mol. The molecule has 2 amide bonds. The van der Waals surface area contributed by atoms with Gasteiger partial charge in [-0.15, -0.1) is 6.42 Å². The molecular formula is C17H11NO3S. The van der Waals surface area contributed by atoms with E-state index in [0.717, 1.165) is 28.1 Å². The highest BCUT2D eigenvalue weighted by Crippen LogP contribution is 2.33. The van der Waals surface area contributed by atoms with Gasteiger partial charge in [0, 0.05) is 5.56 Å². The number of benzene rings is 2. The molecule has 2 aromatic carbocycles. The van der Waals surface area contributed by atoms with Crippen LogP contribution in [0.1, 0.15) is 5.56 Å². The van der Waals surface area contributed by atoms with Crippen molar-refractivity contribution < 1.29 is 14.3 Å². The van der Waals surface area contributed by atoms with Crippen molar-refractivity contribution in [3.8, 4) is 18.1 Å². The van der Waals surface area contributed by atoms with Crippen molar-refractivity contribution in [3.05, 3.63) is 46.9 Å². The molecule has 0 spiro atoms. The van der Waals surface area contributed by atoms with E-state index in [1.807, 2.05) is 36.4 Å². The summed E-state index contributed by atoms with van der Waals surface area (Å²) < 4.78 is 5.56. The number of hydrogen-bond donors (Lipinski definition) is 1. The highest BCUT2D eigenvalue weighted by atomic mass is 32.2. The van der Waals surface area contributed by atoms with E-state index in [9.17, 15) is 9.59 Å². The summed E-state index contributed by atoms with van der Waals surface area (Å²) in [5.41, 5.74) is 0.737. The number of imide groups is 1. The molecule has 108 valence electrons. The second kappa shape index (κ2) is 5.96. The van der Waals surface area contributed by atoms with Crippen LogP contribution in [-0.4, -0.2) is 17.8 Å². The van der Waals surface area contributed by atoms with Crippen molar-refractivity contribution in [3.63, 3.8) is 0 Å². The fourth-order valence-electron chi connectivity index (χ4n) is 2.22. The van der Waals surface area contributed by atoms with Crippen LogP contribution >= 0.6 is 11.8 Å². The Bertz CT molecular complexity index is 849. The Morgan fingerprint density at radius 3 is 2.77 bits per heavy atom. The van der Waals surface area contributed by atoms with Crippen molar-refractivity contribution in [2.75, 3.05) is 6.61 Å². The van der Waals surface area contributed by atoms with Crippen molar-refractivity contribution in [2.24, 2.45) is 0 Å². The molecule has 0 unspecified atom stereocenters. The lowest BCUT2D eigenvalue weighted by Gasteiger charge is -2.10. The number of hydrogen-bond acceptors (Lipinski definition) is 4. The van der Waals surface area contributed by atoms with Gasteiger partial charge in [0.2, 0.25) is 0 Å². The molecule has 0 atom stereocenters. The first-order chi connectivity index (χ1) is 10.7. The molecule has 2 aromatic rings. The Labute approximate surface area is 131 Å². The van der Waals surface area contributed by atoms with E-state index >= 15 is 0 Å². The molecule has 1 saturated heterocycles. The largest absolute Gasteiger partial charge is 0.480 e. The summed E-state index contributed by atoms with van der Waals surface area (Å²) in [7, 11) is 0. The Morgan fingerprint density at radius 2 is 2.05 bits per heavy atom. The van der Waals surface area contributed by atoms with Gasteiger partial charge in [-0.05, 0) is 34.7 Å². The molecular weight excluding hydrogens is 298 g/mol. The lowest BCUT2D eigenvalue weighted by molar-refractivity contribution is -0.115. The number of ether oxygens (including phenoxy) is 1. The van der Waals surface area contributed by atoms with E-state index < -0.39 is 5.91 Å². The lowest BCUT2D eigenvalue weighted by Crippen LogP contribution is -2.17. The fraction of sp³-hybridized carbons (Fsp3) is 0.0588. The summed E-state index contributed by atoms with van der Waals surface area (Å²) in [4.78, 5) is 23.4. The first-order valence-electron chi connectivity index (χ1n) is 6.52. The number of carbonyl (C=O) groups excluding carboxylic acids is 2. The zero-order chi connectivity index (χ0) is 15.5. The van der Waals surface area contributed by atoms with E-state index in [2.05, 4.69) is 11.2 Å². The van der Waals surface area contributed by atoms with Gasteiger partial charge in [-0.3, -0.25) is 14.9 Å². The molecule has 1 aliphatic heterocycles. The molecule has 1 heterocycles. The molecule has 1 fully saturated rings. The maximum absolute atomic E-state index is 11.8. The summed E-state index contributed by atoms with van der Waals surface area (Å²) in [6.45, 7) is 0.132. The van der Waals surface area contributed by atoms with E-state index in [-0.39, 0.29) is 11.8 Å². The van der Waals surface area contributed by atoms with Crippen LogP contribution in [0.15, 0.2) is 41.3 Å². The standard InChI is InChI=1S/C17H11NO3S/c1-2-9-21-14-8-7-11-5-3-4-6-12(11)13(14)10-15-16(19)18-17(20)22-15/h1,3-8,10H,9H2,(H,18,19,20)/b15-10+. The molecule has 22 heavy (non-hydrogen) atoms. The normalized spacial score (nSPS) is 15.9. The Hall–Kier alpha value is -2.71. The van der Waals surface area contributed by atoms with Crippen molar-refractivity contribution in [1.82, 2.24) is 5.32 Å². The maximum atomic E-state index is 11.8. The molecule has 1 aliphatic rings. The summed E-state index contributed by atoms with van der Waals surface area (Å²) in [5, 5.41) is 3.81. The number of terminal acetylenes is 1. The fourth-order valence-corrected chi connectivity index (χ4v) is 2.89. The van der Waals surface area contributed by atoms with Crippen molar-refractivity contribution >= 4 is 39.8 Å². The third-order valence-electron chi connectivity index (χ3n) is 3.16. The molecule has 1 N–H and O–H groups in total. The van der Waals surface area contributed by atoms with E-state index in [4.69, 9.17) is 11.2 Å². The highest BCUT2D eigenvalue weighted by molar-refractivity contribution is 8.18. The third-order valence-corrected chi connectivity index (χ3v) is 3.97. The minimum atomic E-state index is -0.397. The summed E-state index contributed by atoms with van der Waals surface area (Å²) in [5.74, 6) is 2.60. The SMILES string of the molecule is C#CCOc1ccc2ccccc2c1/C=C1/SC(=O)NC1=O. The Morgan fingerprint density at radius 1 is 1.23 bits per heavy atom. The monoisotopic (exact) mass is 309 g/mol. The van der Waals surface area contributed by atoms with Crippen LogP contribution < -0.4 is 10.1 Å². The second-order valence-electron chi connectivity index (χ2n) is 4.54. The van der Waals surface area contributed by atoms with Crippen molar-refractivity contribution in [1.29, 1.82) is 0 Å². The summed E-state index contributed by atoms with van der Waals surface area (Å²) >= 11 is 0.875. The average molecular weight is 309 g/mol. The van der Waals surface area contributed by atoms with Gasteiger partial charge >= 0.3 is 0 Å². The van der Waals surface area contributed by atoms with Crippen LogP contribution in [0.5, 0.6) is 5.75 Å². The zero-order valence-corrected chi connectivity index (χ0v) is 12.3. The summed E-state index contributed by atoms with van der Waals surface area (Å²) in [6, 6.07) is 11.5. The van der Waals surface area contributed by atoms with Gasteiger partial charge < -0.3 is 4.74 Å². The van der Waals surface area contributed by atoms with Gasteiger partial charge in [0.1, 0.15) is 12.4 Å². The molecule has 0 radical (unpaired) electrons. The molecule has 0 saturated carbocycles. The van der Waals surface area contributed by atoms with E-state index in [1.165, 1.54) is 0 Å². The molecule has 4 nitrogen and oxygen atoms in total. The molecule has 5 heteroatoms. The lowest BCUT2D eigenvalue weighted by atomic mass is 10.0. The number of nitrogens with one attached hydrogen (secondary N) is 1. The van der Waals surface area contributed by atoms with Gasteiger partial charge in [-0.2, -0.15) is 0 Å². The zero-order valence-electron chi connectivity index (χ0n) is 11.5. The first kappa shape index (κ1) is 14.2. The predicted octanol–water partition coefficient (Wildman–Crippen LogP) is 3.18. The first-order valence-corrected chi connectivity index (χ1v) is 7.33. The van der Waals surface area contributed by atoms with Crippen LogP contribution in [0.2, 0.25) is 0 Å². The van der Waals surface area contributed by atoms with Crippen LogP contribution in [0.4, 0.5) is 4.79 Å².